The van der Waals surface area contributed by atoms with Gasteiger partial charge in [-0.3, -0.25) is 9.36 Å². The number of fused-ring (bicyclic) bond motifs is 1. The van der Waals surface area contributed by atoms with Gasteiger partial charge < -0.3 is 9.47 Å². The summed E-state index contributed by atoms with van der Waals surface area (Å²) in [4.78, 5) is 38.2. The van der Waals surface area contributed by atoms with Crippen molar-refractivity contribution in [3.8, 4) is 11.6 Å². The lowest BCUT2D eigenvalue weighted by atomic mass is 10.2. The fourth-order valence-corrected chi connectivity index (χ4v) is 5.63. The Morgan fingerprint density at radius 3 is 2.45 bits per heavy atom. The summed E-state index contributed by atoms with van der Waals surface area (Å²) in [5.74, 6) is -0.849. The molecule has 0 saturated heterocycles. The second-order valence-corrected chi connectivity index (χ2v) is 11.0. The Morgan fingerprint density at radius 2 is 1.80 bits per heavy atom. The van der Waals surface area contributed by atoms with Crippen LogP contribution >= 0.6 is 11.5 Å². The SMILES string of the molecule is CCOCN(C(=O)Oc1nsc2ccc(-n3c(=O)cc(C(F)(F)F)n(C)c3=O)cc12)S(=O)(=O)Cc1ccccc1. The first kappa shape index (κ1) is 29.0. The van der Waals surface area contributed by atoms with Crippen LogP contribution < -0.4 is 16.0 Å². The molecule has 0 saturated carbocycles. The molecule has 0 unspecified atom stereocenters. The van der Waals surface area contributed by atoms with Crippen LogP contribution in [0.1, 0.15) is 18.2 Å². The lowest BCUT2D eigenvalue weighted by molar-refractivity contribution is -0.144. The largest absolute Gasteiger partial charge is 0.432 e. The van der Waals surface area contributed by atoms with E-state index in [9.17, 15) is 36.0 Å². The zero-order valence-electron chi connectivity index (χ0n) is 20.9. The summed E-state index contributed by atoms with van der Waals surface area (Å²) >= 11 is 0.871. The van der Waals surface area contributed by atoms with Crippen molar-refractivity contribution in [2.24, 2.45) is 7.05 Å². The van der Waals surface area contributed by atoms with Crippen molar-refractivity contribution in [3.63, 3.8) is 0 Å². The number of sulfonamides is 1. The van der Waals surface area contributed by atoms with Crippen LogP contribution in [0, 0.1) is 0 Å². The van der Waals surface area contributed by atoms with Crippen LogP contribution in [0.5, 0.6) is 5.88 Å². The number of rotatable bonds is 8. The molecule has 2 heterocycles. The smallest absolute Gasteiger partial charge is 0.389 e. The van der Waals surface area contributed by atoms with Crippen LogP contribution in [0.3, 0.4) is 0 Å². The molecule has 0 aliphatic heterocycles. The second kappa shape index (κ2) is 11.2. The van der Waals surface area contributed by atoms with Gasteiger partial charge in [0.2, 0.25) is 15.9 Å². The summed E-state index contributed by atoms with van der Waals surface area (Å²) in [6.45, 7) is 1.08. The van der Waals surface area contributed by atoms with Crippen molar-refractivity contribution in [2.45, 2.75) is 18.9 Å². The molecule has 0 bridgehead atoms. The van der Waals surface area contributed by atoms with Crippen molar-refractivity contribution in [1.82, 2.24) is 17.8 Å². The molecule has 0 aliphatic rings. The molecule has 0 aliphatic carbocycles. The van der Waals surface area contributed by atoms with Crippen molar-refractivity contribution >= 4 is 37.7 Å². The summed E-state index contributed by atoms with van der Waals surface area (Å²) in [6.07, 6.45) is -6.24. The molecule has 0 atom stereocenters. The summed E-state index contributed by atoms with van der Waals surface area (Å²) in [7, 11) is -3.38. The Bertz CT molecular complexity index is 1780. The van der Waals surface area contributed by atoms with Crippen LogP contribution in [-0.2, 0) is 33.7 Å². The summed E-state index contributed by atoms with van der Waals surface area (Å²) in [6, 6.07) is 12.4. The fourth-order valence-electron chi connectivity index (χ4n) is 3.67. The minimum Gasteiger partial charge on any atom is -0.389 e. The maximum absolute atomic E-state index is 13.2. The molecule has 212 valence electrons. The van der Waals surface area contributed by atoms with Crippen molar-refractivity contribution < 1.29 is 35.9 Å². The minimum atomic E-state index is -4.93. The molecule has 2 aromatic carbocycles. The molecule has 0 spiro atoms. The molecular formula is C24H21F3N4O7S2. The maximum Gasteiger partial charge on any atom is 0.432 e. The highest BCUT2D eigenvalue weighted by Gasteiger charge is 2.35. The van der Waals surface area contributed by atoms with Gasteiger partial charge >= 0.3 is 18.0 Å². The van der Waals surface area contributed by atoms with E-state index in [2.05, 4.69) is 4.37 Å². The zero-order valence-corrected chi connectivity index (χ0v) is 22.5. The fraction of sp³-hybridized carbons (Fsp3) is 0.250. The van der Waals surface area contributed by atoms with Crippen LogP contribution in [-0.4, -0.2) is 45.7 Å². The Hall–Kier alpha value is -4.02. The first-order valence-electron chi connectivity index (χ1n) is 11.5. The third kappa shape index (κ3) is 5.93. The van der Waals surface area contributed by atoms with Gasteiger partial charge in [0, 0.05) is 19.7 Å². The highest BCUT2D eigenvalue weighted by molar-refractivity contribution is 7.88. The maximum atomic E-state index is 13.2. The van der Waals surface area contributed by atoms with E-state index in [0.717, 1.165) is 18.6 Å². The number of hydrogen-bond acceptors (Lipinski definition) is 9. The van der Waals surface area contributed by atoms with Crippen molar-refractivity contribution in [2.75, 3.05) is 13.3 Å². The lowest BCUT2D eigenvalue weighted by Crippen LogP contribution is -2.41. The topological polar surface area (TPSA) is 130 Å². The Balaban J connectivity index is 1.70. The summed E-state index contributed by atoms with van der Waals surface area (Å²) in [5.41, 5.74) is -3.60. The van der Waals surface area contributed by atoms with Gasteiger partial charge in [-0.2, -0.15) is 21.9 Å². The molecule has 40 heavy (non-hydrogen) atoms. The number of ether oxygens (including phenoxy) is 2. The van der Waals surface area contributed by atoms with E-state index in [-0.39, 0.29) is 23.6 Å². The number of aromatic nitrogens is 3. The van der Waals surface area contributed by atoms with Gasteiger partial charge in [0.25, 0.3) is 5.56 Å². The van der Waals surface area contributed by atoms with Gasteiger partial charge in [-0.15, -0.1) is 0 Å². The number of benzene rings is 2. The number of nitrogens with zero attached hydrogens (tertiary/aromatic N) is 4. The van der Waals surface area contributed by atoms with Gasteiger partial charge in [-0.05, 0) is 42.2 Å². The number of carbonyl (C=O) groups is 1. The molecular weight excluding hydrogens is 577 g/mol. The molecule has 16 heteroatoms. The summed E-state index contributed by atoms with van der Waals surface area (Å²) in [5, 5.41) is 0.113. The molecule has 2 aromatic heterocycles. The predicted octanol–water partition coefficient (Wildman–Crippen LogP) is 3.49. The zero-order chi connectivity index (χ0) is 29.2. The van der Waals surface area contributed by atoms with Crippen LogP contribution in [0.2, 0.25) is 0 Å². The Labute approximate surface area is 228 Å². The number of hydrogen-bond donors (Lipinski definition) is 0. The van der Waals surface area contributed by atoms with Gasteiger partial charge in [0.1, 0.15) is 12.4 Å². The van der Waals surface area contributed by atoms with Crippen LogP contribution in [0.4, 0.5) is 18.0 Å². The lowest BCUT2D eigenvalue weighted by Gasteiger charge is -2.21. The number of halogens is 3. The normalized spacial score (nSPS) is 12.0. The van der Waals surface area contributed by atoms with E-state index in [1.54, 1.807) is 37.3 Å². The third-order valence-electron chi connectivity index (χ3n) is 5.62. The first-order chi connectivity index (χ1) is 18.8. The van der Waals surface area contributed by atoms with Gasteiger partial charge in [0.05, 0.1) is 21.5 Å². The quantitative estimate of drug-likeness (QED) is 0.282. The van der Waals surface area contributed by atoms with Crippen LogP contribution in [0.25, 0.3) is 15.8 Å². The molecule has 0 fully saturated rings. The molecule has 4 rings (SSSR count). The van der Waals surface area contributed by atoms with Gasteiger partial charge in [-0.1, -0.05) is 30.3 Å². The average molecular weight is 599 g/mol. The summed E-state index contributed by atoms with van der Waals surface area (Å²) < 4.78 is 81.9. The van der Waals surface area contributed by atoms with Crippen molar-refractivity contribution in [1.29, 1.82) is 0 Å². The highest BCUT2D eigenvalue weighted by Crippen LogP contribution is 2.31. The Morgan fingerprint density at radius 1 is 1.10 bits per heavy atom. The van der Waals surface area contributed by atoms with E-state index >= 15 is 0 Å². The number of alkyl halides is 3. The predicted molar refractivity (Wildman–Crippen MR) is 139 cm³/mol. The first-order valence-corrected chi connectivity index (χ1v) is 13.9. The van der Waals surface area contributed by atoms with E-state index in [4.69, 9.17) is 9.47 Å². The van der Waals surface area contributed by atoms with E-state index in [1.807, 2.05) is 0 Å². The van der Waals surface area contributed by atoms with E-state index in [1.165, 1.54) is 18.2 Å². The molecule has 0 N–H and O–H groups in total. The van der Waals surface area contributed by atoms with E-state index in [0.29, 0.717) is 29.8 Å². The third-order valence-corrected chi connectivity index (χ3v) is 8.05. The van der Waals surface area contributed by atoms with Gasteiger partial charge in [0.15, 0.2) is 0 Å². The second-order valence-electron chi connectivity index (χ2n) is 8.29. The number of amides is 1. The van der Waals surface area contributed by atoms with Gasteiger partial charge in [-0.25, -0.2) is 22.6 Å². The molecule has 1 amide bonds. The Kier molecular flexibility index (Phi) is 8.13. The average Bonchev–Trinajstić information content (AvgIpc) is 3.28. The highest BCUT2D eigenvalue weighted by atomic mass is 32.2. The minimum absolute atomic E-state index is 0.102. The molecule has 4 aromatic rings. The monoisotopic (exact) mass is 598 g/mol. The van der Waals surface area contributed by atoms with Crippen molar-refractivity contribution in [3.05, 3.63) is 86.7 Å². The van der Waals surface area contributed by atoms with E-state index < -0.39 is 51.7 Å². The molecule has 11 nitrogen and oxygen atoms in total. The molecule has 0 radical (unpaired) electrons. The number of carbonyl (C=O) groups excluding carboxylic acids is 1. The standard InChI is InChI=1S/C24H21F3N4O7S2/c1-3-37-14-30(40(35,36)13-15-7-5-4-6-8-15)23(34)38-21-17-11-16(9-10-18(17)39-28-21)31-20(32)12-19(24(25,26)27)29(2)22(31)33/h4-12H,3,13-14H2,1-2H3. The van der Waals surface area contributed by atoms with Crippen LogP contribution in [0.15, 0.2) is 64.2 Å².